The monoisotopic (exact) mass is 312 g/mol. The van der Waals surface area contributed by atoms with Crippen LogP contribution in [-0.4, -0.2) is 5.11 Å². The highest BCUT2D eigenvalue weighted by atomic mass is 79.9. The summed E-state index contributed by atoms with van der Waals surface area (Å²) in [7, 11) is 0. The van der Waals surface area contributed by atoms with Crippen LogP contribution in [0.15, 0.2) is 46.9 Å². The first-order valence-electron chi connectivity index (χ1n) is 5.02. The smallest absolute Gasteiger partial charge is 0.141 e. The summed E-state index contributed by atoms with van der Waals surface area (Å²) in [4.78, 5) is 0. The SMILES string of the molecule is OCc1ccc(Oc2ccc(Cl)cc2)c(Br)c1. The summed E-state index contributed by atoms with van der Waals surface area (Å²) in [6, 6.07) is 12.6. The molecule has 0 atom stereocenters. The Kier molecular flexibility index (Phi) is 4.05. The molecule has 2 rings (SSSR count). The zero-order valence-corrected chi connectivity index (χ0v) is 11.2. The molecule has 0 aliphatic rings. The van der Waals surface area contributed by atoms with Crippen molar-refractivity contribution in [3.63, 3.8) is 0 Å². The number of hydrogen-bond acceptors (Lipinski definition) is 2. The molecule has 1 N–H and O–H groups in total. The number of halogens is 2. The molecule has 0 aromatic heterocycles. The normalized spacial score (nSPS) is 10.3. The van der Waals surface area contributed by atoms with Gasteiger partial charge in [-0.1, -0.05) is 17.7 Å². The summed E-state index contributed by atoms with van der Waals surface area (Å²) in [6.45, 7) is 0.0137. The van der Waals surface area contributed by atoms with Gasteiger partial charge in [-0.2, -0.15) is 0 Å². The largest absolute Gasteiger partial charge is 0.456 e. The minimum Gasteiger partial charge on any atom is -0.456 e. The fraction of sp³-hybridized carbons (Fsp3) is 0.0769. The van der Waals surface area contributed by atoms with Gasteiger partial charge in [-0.05, 0) is 57.9 Å². The molecule has 0 radical (unpaired) electrons. The van der Waals surface area contributed by atoms with E-state index in [1.54, 1.807) is 24.3 Å². The molecule has 0 fully saturated rings. The second kappa shape index (κ2) is 5.54. The Balaban J connectivity index is 2.21. The van der Waals surface area contributed by atoms with Gasteiger partial charge in [0.1, 0.15) is 11.5 Å². The number of hydrogen-bond donors (Lipinski definition) is 1. The highest BCUT2D eigenvalue weighted by Crippen LogP contribution is 2.30. The lowest BCUT2D eigenvalue weighted by molar-refractivity contribution is 0.281. The van der Waals surface area contributed by atoms with Gasteiger partial charge in [-0.3, -0.25) is 0 Å². The lowest BCUT2D eigenvalue weighted by atomic mass is 10.2. The summed E-state index contributed by atoms with van der Waals surface area (Å²) < 4.78 is 6.48. The van der Waals surface area contributed by atoms with E-state index in [4.69, 9.17) is 21.4 Å². The highest BCUT2D eigenvalue weighted by Gasteiger charge is 2.03. The Morgan fingerprint density at radius 2 is 1.82 bits per heavy atom. The molecule has 0 amide bonds. The molecule has 0 bridgehead atoms. The third-order valence-corrected chi connectivity index (χ3v) is 3.09. The van der Waals surface area contributed by atoms with Gasteiger partial charge >= 0.3 is 0 Å². The molecule has 2 aromatic rings. The van der Waals surface area contributed by atoms with E-state index in [9.17, 15) is 0 Å². The molecular weight excluding hydrogens is 303 g/mol. The molecule has 2 nitrogen and oxygen atoms in total. The Morgan fingerprint density at radius 3 is 2.41 bits per heavy atom. The molecule has 4 heteroatoms. The quantitative estimate of drug-likeness (QED) is 0.911. The fourth-order valence-electron chi connectivity index (χ4n) is 1.36. The van der Waals surface area contributed by atoms with E-state index in [-0.39, 0.29) is 6.61 Å². The van der Waals surface area contributed by atoms with Gasteiger partial charge in [0, 0.05) is 5.02 Å². The third-order valence-electron chi connectivity index (χ3n) is 2.22. The summed E-state index contributed by atoms with van der Waals surface area (Å²) in [5.74, 6) is 1.41. The van der Waals surface area contributed by atoms with Crippen LogP contribution >= 0.6 is 27.5 Å². The Bertz CT molecular complexity index is 511. The van der Waals surface area contributed by atoms with Crippen molar-refractivity contribution >= 4 is 27.5 Å². The second-order valence-corrected chi connectivity index (χ2v) is 4.77. The van der Waals surface area contributed by atoms with Gasteiger partial charge < -0.3 is 9.84 Å². The van der Waals surface area contributed by atoms with Gasteiger partial charge in [0.05, 0.1) is 11.1 Å². The van der Waals surface area contributed by atoms with E-state index in [0.717, 1.165) is 10.0 Å². The van der Waals surface area contributed by atoms with Crippen molar-refractivity contribution in [3.05, 3.63) is 57.5 Å². The number of ether oxygens (including phenoxy) is 1. The second-order valence-electron chi connectivity index (χ2n) is 3.48. The first-order valence-corrected chi connectivity index (χ1v) is 6.19. The number of benzene rings is 2. The summed E-state index contributed by atoms with van der Waals surface area (Å²) in [5, 5.41) is 9.67. The maximum atomic E-state index is 9.00. The number of rotatable bonds is 3. The van der Waals surface area contributed by atoms with Crippen LogP contribution in [0.3, 0.4) is 0 Å². The lowest BCUT2D eigenvalue weighted by Gasteiger charge is -2.08. The molecule has 0 aliphatic heterocycles. The van der Waals surface area contributed by atoms with Gasteiger partial charge in [0.15, 0.2) is 0 Å². The van der Waals surface area contributed by atoms with Crippen LogP contribution in [0, 0.1) is 0 Å². The molecule has 0 unspecified atom stereocenters. The molecule has 0 aliphatic carbocycles. The van der Waals surface area contributed by atoms with Crippen molar-refractivity contribution in [2.24, 2.45) is 0 Å². The van der Waals surface area contributed by atoms with Gasteiger partial charge in [0.2, 0.25) is 0 Å². The molecule has 88 valence electrons. The predicted molar refractivity (Wildman–Crippen MR) is 71.6 cm³/mol. The highest BCUT2D eigenvalue weighted by molar-refractivity contribution is 9.10. The third kappa shape index (κ3) is 3.22. The molecular formula is C13H10BrClO2. The van der Waals surface area contributed by atoms with E-state index in [1.807, 2.05) is 18.2 Å². The topological polar surface area (TPSA) is 29.5 Å². The Labute approximate surface area is 113 Å². The van der Waals surface area contributed by atoms with Crippen LogP contribution in [0.4, 0.5) is 0 Å². The van der Waals surface area contributed by atoms with Crippen molar-refractivity contribution in [3.8, 4) is 11.5 Å². The molecule has 0 spiro atoms. The first-order chi connectivity index (χ1) is 8.19. The van der Waals surface area contributed by atoms with Crippen LogP contribution in [0.1, 0.15) is 5.56 Å². The van der Waals surface area contributed by atoms with Crippen LogP contribution in [0.2, 0.25) is 5.02 Å². The van der Waals surface area contributed by atoms with Gasteiger partial charge in [0.25, 0.3) is 0 Å². The first kappa shape index (κ1) is 12.4. The molecule has 17 heavy (non-hydrogen) atoms. The summed E-state index contributed by atoms with van der Waals surface area (Å²) >= 11 is 9.19. The predicted octanol–water partition coefficient (Wildman–Crippen LogP) is 4.39. The zero-order chi connectivity index (χ0) is 12.3. The zero-order valence-electron chi connectivity index (χ0n) is 8.86. The van der Waals surface area contributed by atoms with Gasteiger partial charge in [-0.25, -0.2) is 0 Å². The van der Waals surface area contributed by atoms with Crippen LogP contribution < -0.4 is 4.74 Å². The van der Waals surface area contributed by atoms with E-state index >= 15 is 0 Å². The standard InChI is InChI=1S/C13H10BrClO2/c14-12-7-9(8-16)1-6-13(12)17-11-4-2-10(15)3-5-11/h1-7,16H,8H2. The maximum Gasteiger partial charge on any atom is 0.141 e. The Hall–Kier alpha value is -1.03. The average molecular weight is 314 g/mol. The van der Waals surface area contributed by atoms with Crippen molar-refractivity contribution in [2.45, 2.75) is 6.61 Å². The van der Waals surface area contributed by atoms with Gasteiger partial charge in [-0.15, -0.1) is 0 Å². The molecule has 0 saturated heterocycles. The van der Waals surface area contributed by atoms with E-state index < -0.39 is 0 Å². The molecule has 0 saturated carbocycles. The van der Waals surface area contributed by atoms with E-state index in [0.29, 0.717) is 16.5 Å². The van der Waals surface area contributed by atoms with Crippen molar-refractivity contribution < 1.29 is 9.84 Å². The van der Waals surface area contributed by atoms with E-state index in [2.05, 4.69) is 15.9 Å². The Morgan fingerprint density at radius 1 is 1.12 bits per heavy atom. The number of aliphatic hydroxyl groups excluding tert-OH is 1. The average Bonchev–Trinajstić information content (AvgIpc) is 2.34. The summed E-state index contributed by atoms with van der Waals surface area (Å²) in [5.41, 5.74) is 0.834. The van der Waals surface area contributed by atoms with Crippen LogP contribution in [-0.2, 0) is 6.61 Å². The number of aliphatic hydroxyl groups is 1. The summed E-state index contributed by atoms with van der Waals surface area (Å²) in [6.07, 6.45) is 0. The molecule has 0 heterocycles. The van der Waals surface area contributed by atoms with E-state index in [1.165, 1.54) is 0 Å². The minimum absolute atomic E-state index is 0.0137. The van der Waals surface area contributed by atoms with Crippen molar-refractivity contribution in [1.82, 2.24) is 0 Å². The van der Waals surface area contributed by atoms with Crippen molar-refractivity contribution in [2.75, 3.05) is 0 Å². The minimum atomic E-state index is 0.0137. The van der Waals surface area contributed by atoms with Crippen LogP contribution in [0.25, 0.3) is 0 Å². The van der Waals surface area contributed by atoms with Crippen LogP contribution in [0.5, 0.6) is 11.5 Å². The van der Waals surface area contributed by atoms with Crippen molar-refractivity contribution in [1.29, 1.82) is 0 Å². The fourth-order valence-corrected chi connectivity index (χ4v) is 1.99. The maximum absolute atomic E-state index is 9.00. The molecule has 2 aromatic carbocycles. The lowest BCUT2D eigenvalue weighted by Crippen LogP contribution is -1.88.